The summed E-state index contributed by atoms with van der Waals surface area (Å²) in [7, 11) is 1.54. The van der Waals surface area contributed by atoms with Gasteiger partial charge in [0.2, 0.25) is 5.91 Å². The largest absolute Gasteiger partial charge is 0.416 e. The molecule has 0 spiro atoms. The van der Waals surface area contributed by atoms with Gasteiger partial charge in [-0.3, -0.25) is 9.59 Å². The van der Waals surface area contributed by atoms with E-state index in [4.69, 9.17) is 11.6 Å². The molecular formula is C18H18ClF3N4O2. The Morgan fingerprint density at radius 2 is 2.04 bits per heavy atom. The van der Waals surface area contributed by atoms with Crippen LogP contribution < -0.4 is 15.8 Å². The van der Waals surface area contributed by atoms with Gasteiger partial charge in [-0.1, -0.05) is 11.6 Å². The molecule has 10 heteroatoms. The number of aryl methyl sites for hydroxylation is 1. The normalized spacial score (nSPS) is 17.5. The number of carbonyl (C=O) groups excluding carboxylic acids is 1. The van der Waals surface area contributed by atoms with Gasteiger partial charge in [-0.2, -0.15) is 18.3 Å². The van der Waals surface area contributed by atoms with Gasteiger partial charge >= 0.3 is 6.18 Å². The number of rotatable bonds is 3. The molecule has 1 aromatic carbocycles. The molecule has 1 aliphatic rings. The number of aromatic nitrogens is 2. The van der Waals surface area contributed by atoms with Crippen molar-refractivity contribution in [2.24, 2.45) is 13.0 Å². The molecule has 0 radical (unpaired) electrons. The first-order chi connectivity index (χ1) is 13.1. The van der Waals surface area contributed by atoms with E-state index in [-0.39, 0.29) is 16.3 Å². The number of hydrogen-bond donors (Lipinski definition) is 1. The number of halogens is 4. The van der Waals surface area contributed by atoms with Crippen LogP contribution in [0.2, 0.25) is 5.02 Å². The lowest BCUT2D eigenvalue weighted by Gasteiger charge is -2.32. The van der Waals surface area contributed by atoms with Crippen molar-refractivity contribution in [1.29, 1.82) is 0 Å². The van der Waals surface area contributed by atoms with Crippen molar-refractivity contribution in [3.63, 3.8) is 0 Å². The quantitative estimate of drug-likeness (QED) is 0.836. The van der Waals surface area contributed by atoms with Gasteiger partial charge in [0.1, 0.15) is 5.82 Å². The maximum atomic E-state index is 12.9. The topological polar surface area (TPSA) is 67.2 Å². The monoisotopic (exact) mass is 414 g/mol. The fourth-order valence-electron chi connectivity index (χ4n) is 3.09. The highest BCUT2D eigenvalue weighted by Crippen LogP contribution is 2.34. The summed E-state index contributed by atoms with van der Waals surface area (Å²) in [4.78, 5) is 26.0. The van der Waals surface area contributed by atoms with Gasteiger partial charge in [0.15, 0.2) is 0 Å². The zero-order valence-electron chi connectivity index (χ0n) is 15.0. The lowest BCUT2D eigenvalue weighted by atomic mass is 9.97. The fraction of sp³-hybridized carbons (Fsp3) is 0.389. The van der Waals surface area contributed by atoms with Gasteiger partial charge in [0.05, 0.1) is 22.2 Å². The minimum Gasteiger partial charge on any atom is -0.354 e. The molecule has 0 aliphatic carbocycles. The molecule has 1 atom stereocenters. The van der Waals surface area contributed by atoms with E-state index < -0.39 is 23.6 Å². The Kier molecular flexibility index (Phi) is 5.64. The summed E-state index contributed by atoms with van der Waals surface area (Å²) in [5.74, 6) is -0.286. The van der Waals surface area contributed by atoms with Gasteiger partial charge in [-0.15, -0.1) is 0 Å². The fourth-order valence-corrected chi connectivity index (χ4v) is 3.25. The summed E-state index contributed by atoms with van der Waals surface area (Å²) in [5, 5.41) is 6.73. The number of nitrogens with one attached hydrogen (secondary N) is 1. The van der Waals surface area contributed by atoms with E-state index in [9.17, 15) is 22.8 Å². The second-order valence-electron chi connectivity index (χ2n) is 6.62. The molecule has 2 heterocycles. The Labute approximate surface area is 163 Å². The molecule has 1 amide bonds. The predicted octanol–water partition coefficient (Wildman–Crippen LogP) is 3.31. The molecule has 1 aromatic heterocycles. The van der Waals surface area contributed by atoms with Crippen LogP contribution in [0.1, 0.15) is 18.4 Å². The highest BCUT2D eigenvalue weighted by Gasteiger charge is 2.32. The van der Waals surface area contributed by atoms with Gasteiger partial charge in [-0.05, 0) is 37.1 Å². The second kappa shape index (κ2) is 7.83. The van der Waals surface area contributed by atoms with Crippen LogP contribution in [0.3, 0.4) is 0 Å². The number of alkyl halides is 3. The lowest BCUT2D eigenvalue weighted by Crippen LogP contribution is -2.41. The van der Waals surface area contributed by atoms with Gasteiger partial charge in [0.25, 0.3) is 5.56 Å². The Hall–Kier alpha value is -2.55. The molecule has 0 bridgehead atoms. The van der Waals surface area contributed by atoms with Crippen LogP contribution in [0.5, 0.6) is 0 Å². The van der Waals surface area contributed by atoms with E-state index in [2.05, 4.69) is 10.4 Å². The molecule has 28 heavy (non-hydrogen) atoms. The average molecular weight is 415 g/mol. The average Bonchev–Trinajstić information content (AvgIpc) is 2.65. The summed E-state index contributed by atoms with van der Waals surface area (Å²) in [6, 6.07) is 5.79. The van der Waals surface area contributed by atoms with Crippen LogP contribution in [0.4, 0.5) is 24.7 Å². The second-order valence-corrected chi connectivity index (χ2v) is 7.03. The third-order valence-electron chi connectivity index (χ3n) is 4.61. The first kappa shape index (κ1) is 20.2. The third-order valence-corrected chi connectivity index (χ3v) is 4.94. The number of hydrogen-bond acceptors (Lipinski definition) is 4. The standard InChI is InChI=1S/C18H18ClF3N4O2/c1-25-16(27)7-6-15(24-25)26-8-2-3-11(10-26)17(28)23-14-9-12(18(20,21)22)4-5-13(14)19/h4-7,9,11H,2-3,8,10H2,1H3,(H,23,28)/t11-/m0/s1. The van der Waals surface area contributed by atoms with E-state index in [1.165, 1.54) is 17.8 Å². The van der Waals surface area contributed by atoms with Crippen LogP contribution in [0.15, 0.2) is 35.1 Å². The number of nitrogens with zero attached hydrogens (tertiary/aromatic N) is 3. The molecule has 1 saturated heterocycles. The zero-order chi connectivity index (χ0) is 20.5. The van der Waals surface area contributed by atoms with E-state index in [0.29, 0.717) is 31.7 Å². The molecule has 6 nitrogen and oxygen atoms in total. The van der Waals surface area contributed by atoms with E-state index in [1.807, 2.05) is 4.90 Å². The molecule has 3 rings (SSSR count). The maximum Gasteiger partial charge on any atom is 0.416 e. The van der Waals surface area contributed by atoms with Gasteiger partial charge in [0, 0.05) is 26.2 Å². The van der Waals surface area contributed by atoms with Gasteiger partial charge in [-0.25, -0.2) is 4.68 Å². The van der Waals surface area contributed by atoms with Crippen molar-refractivity contribution in [2.45, 2.75) is 19.0 Å². The van der Waals surface area contributed by atoms with Crippen molar-refractivity contribution in [2.75, 3.05) is 23.3 Å². The smallest absolute Gasteiger partial charge is 0.354 e. The molecule has 0 saturated carbocycles. The highest BCUT2D eigenvalue weighted by molar-refractivity contribution is 6.33. The van der Waals surface area contributed by atoms with E-state index >= 15 is 0 Å². The van der Waals surface area contributed by atoms with Crippen LogP contribution in [0, 0.1) is 5.92 Å². The summed E-state index contributed by atoms with van der Waals surface area (Å²) in [5.41, 5.74) is -1.19. The molecule has 0 unspecified atom stereocenters. The van der Waals surface area contributed by atoms with Crippen LogP contribution >= 0.6 is 11.6 Å². The summed E-state index contributed by atoms with van der Waals surface area (Å²) < 4.78 is 39.9. The first-order valence-electron chi connectivity index (χ1n) is 8.62. The molecular weight excluding hydrogens is 397 g/mol. The van der Waals surface area contributed by atoms with Crippen LogP contribution in [-0.4, -0.2) is 28.8 Å². The maximum absolute atomic E-state index is 12.9. The Bertz CT molecular complexity index is 945. The van der Waals surface area contributed by atoms with Crippen molar-refractivity contribution in [3.8, 4) is 0 Å². The Morgan fingerprint density at radius 3 is 2.71 bits per heavy atom. The van der Waals surface area contributed by atoms with Crippen molar-refractivity contribution in [3.05, 3.63) is 51.3 Å². The molecule has 2 aromatic rings. The molecule has 1 aliphatic heterocycles. The number of amides is 1. The minimum atomic E-state index is -4.53. The molecule has 1 N–H and O–H groups in total. The SMILES string of the molecule is Cn1nc(N2CCC[C@H](C(=O)Nc3cc(C(F)(F)F)ccc3Cl)C2)ccc1=O. The summed E-state index contributed by atoms with van der Waals surface area (Å²) >= 11 is 5.95. The van der Waals surface area contributed by atoms with Crippen molar-refractivity contribution < 1.29 is 18.0 Å². The molecule has 1 fully saturated rings. The number of anilines is 2. The molecule has 150 valence electrons. The third kappa shape index (κ3) is 4.46. The van der Waals surface area contributed by atoms with Crippen molar-refractivity contribution >= 4 is 29.0 Å². The van der Waals surface area contributed by atoms with Crippen molar-refractivity contribution in [1.82, 2.24) is 9.78 Å². The summed E-state index contributed by atoms with van der Waals surface area (Å²) in [6.07, 6.45) is -3.23. The first-order valence-corrected chi connectivity index (χ1v) is 9.00. The number of piperidine rings is 1. The van der Waals surface area contributed by atoms with E-state index in [1.54, 1.807) is 6.07 Å². The Morgan fingerprint density at radius 1 is 1.29 bits per heavy atom. The Balaban J connectivity index is 1.74. The van der Waals surface area contributed by atoms with Crippen LogP contribution in [-0.2, 0) is 18.0 Å². The lowest BCUT2D eigenvalue weighted by molar-refractivity contribution is -0.137. The number of benzene rings is 1. The van der Waals surface area contributed by atoms with Crippen LogP contribution in [0.25, 0.3) is 0 Å². The number of carbonyl (C=O) groups is 1. The zero-order valence-corrected chi connectivity index (χ0v) is 15.7. The highest BCUT2D eigenvalue weighted by atomic mass is 35.5. The minimum absolute atomic E-state index is 0.0359. The van der Waals surface area contributed by atoms with E-state index in [0.717, 1.165) is 18.2 Å². The summed E-state index contributed by atoms with van der Waals surface area (Å²) in [6.45, 7) is 1.01. The van der Waals surface area contributed by atoms with Gasteiger partial charge < -0.3 is 10.2 Å². The predicted molar refractivity (Wildman–Crippen MR) is 99.5 cm³/mol.